The zero-order chi connectivity index (χ0) is 31.9. The number of hydrogen-bond donors (Lipinski definition) is 2. The molecule has 0 saturated heterocycles. The van der Waals surface area contributed by atoms with Gasteiger partial charge in [-0.1, -0.05) is 31.2 Å². The first kappa shape index (κ1) is 31.6. The Morgan fingerprint density at radius 1 is 0.581 bits per heavy atom. The van der Waals surface area contributed by atoms with Crippen molar-refractivity contribution in [3.05, 3.63) is 105 Å². The number of alkyl halides is 6. The van der Waals surface area contributed by atoms with E-state index in [1.807, 2.05) is 31.2 Å². The van der Waals surface area contributed by atoms with Crippen LogP contribution in [0.5, 0.6) is 23.0 Å². The summed E-state index contributed by atoms with van der Waals surface area (Å²) in [6, 6.07) is 14.3. The summed E-state index contributed by atoms with van der Waals surface area (Å²) in [7, 11) is 0. The molecule has 0 amide bonds. The van der Waals surface area contributed by atoms with E-state index in [1.54, 1.807) is 27.7 Å². The average Bonchev–Trinajstić information content (AvgIpc) is 2.89. The lowest BCUT2D eigenvalue weighted by atomic mass is 9.85. The van der Waals surface area contributed by atoms with E-state index in [4.69, 9.17) is 20.9 Å². The molecule has 228 valence electrons. The molecule has 4 aromatic carbocycles. The van der Waals surface area contributed by atoms with E-state index in [0.29, 0.717) is 40.2 Å². The second-order valence-electron chi connectivity index (χ2n) is 10.6. The van der Waals surface area contributed by atoms with E-state index in [9.17, 15) is 26.3 Å². The van der Waals surface area contributed by atoms with Gasteiger partial charge in [0, 0.05) is 17.3 Å². The van der Waals surface area contributed by atoms with Gasteiger partial charge in [0.05, 0.1) is 0 Å². The van der Waals surface area contributed by atoms with Crippen LogP contribution in [0.15, 0.2) is 60.7 Å². The molecule has 0 fully saturated rings. The van der Waals surface area contributed by atoms with Gasteiger partial charge in [-0.15, -0.1) is 0 Å². The summed E-state index contributed by atoms with van der Waals surface area (Å²) >= 11 is 0. The molecule has 0 saturated carbocycles. The first-order chi connectivity index (χ1) is 20.0. The van der Waals surface area contributed by atoms with Gasteiger partial charge in [-0.2, -0.15) is 26.3 Å². The van der Waals surface area contributed by atoms with Crippen LogP contribution in [-0.4, -0.2) is 0 Å². The highest BCUT2D eigenvalue weighted by Crippen LogP contribution is 2.44. The first-order valence-electron chi connectivity index (χ1n) is 13.5. The van der Waals surface area contributed by atoms with Crippen LogP contribution in [-0.2, 0) is 12.4 Å². The molecule has 0 atom stereocenters. The molecule has 4 nitrogen and oxygen atoms in total. The van der Waals surface area contributed by atoms with Gasteiger partial charge in [-0.3, -0.25) is 0 Å². The van der Waals surface area contributed by atoms with Crippen molar-refractivity contribution in [2.24, 2.45) is 0 Å². The number of nitrogen functional groups attached to an aromatic ring is 2. The fourth-order valence-corrected chi connectivity index (χ4v) is 5.29. The summed E-state index contributed by atoms with van der Waals surface area (Å²) in [4.78, 5) is 0. The monoisotopic (exact) mass is 602 g/mol. The minimum absolute atomic E-state index is 0.0227. The van der Waals surface area contributed by atoms with Gasteiger partial charge < -0.3 is 20.9 Å². The second-order valence-corrected chi connectivity index (χ2v) is 10.6. The molecule has 0 spiro atoms. The Morgan fingerprint density at radius 3 is 1.19 bits per heavy atom. The summed E-state index contributed by atoms with van der Waals surface area (Å²) in [5, 5.41) is 0. The molecule has 0 aromatic heterocycles. The molecule has 0 bridgehead atoms. The van der Waals surface area contributed by atoms with Gasteiger partial charge in [0.1, 0.15) is 34.1 Å². The number of benzene rings is 4. The zero-order valence-corrected chi connectivity index (χ0v) is 24.3. The van der Waals surface area contributed by atoms with Gasteiger partial charge in [0.25, 0.3) is 0 Å². The van der Waals surface area contributed by atoms with Gasteiger partial charge in [0.2, 0.25) is 0 Å². The molecular formula is C33H32F6N2O2. The van der Waals surface area contributed by atoms with E-state index in [1.165, 1.54) is 24.3 Å². The zero-order valence-electron chi connectivity index (χ0n) is 24.3. The Balaban J connectivity index is 1.68. The van der Waals surface area contributed by atoms with Crippen LogP contribution in [0.1, 0.15) is 63.8 Å². The van der Waals surface area contributed by atoms with E-state index in [0.717, 1.165) is 23.3 Å². The predicted molar refractivity (Wildman–Crippen MR) is 156 cm³/mol. The molecule has 0 radical (unpaired) electrons. The molecule has 43 heavy (non-hydrogen) atoms. The molecular weight excluding hydrogens is 570 g/mol. The molecule has 0 aliphatic rings. The third kappa shape index (κ3) is 6.84. The molecule has 0 aliphatic carbocycles. The highest BCUT2D eigenvalue weighted by Gasteiger charge is 2.36. The second kappa shape index (κ2) is 11.7. The number of halogens is 6. The third-order valence-corrected chi connectivity index (χ3v) is 7.22. The molecule has 0 unspecified atom stereocenters. The SMILES string of the molecule is CCC(c1cc(C)c(Oc2ccc(N)cc2C(F)(F)F)c(C)c1)c1cc(C)c(Oc2ccc(N)cc2C(F)(F)F)c(C)c1. The van der Waals surface area contributed by atoms with E-state index >= 15 is 0 Å². The Labute approximate surface area is 246 Å². The van der Waals surface area contributed by atoms with Crippen molar-refractivity contribution in [1.82, 2.24) is 0 Å². The predicted octanol–water partition coefficient (Wildman–Crippen LogP) is 10.2. The summed E-state index contributed by atoms with van der Waals surface area (Å²) in [5.74, 6) is -0.168. The maximum Gasteiger partial charge on any atom is 0.420 e. The number of anilines is 2. The van der Waals surface area contributed by atoms with Gasteiger partial charge in [0.15, 0.2) is 0 Å². The lowest BCUT2D eigenvalue weighted by molar-refractivity contribution is -0.139. The van der Waals surface area contributed by atoms with E-state index < -0.39 is 23.5 Å². The standard InChI is InChI=1S/C33H32F6N2O2/c1-6-25(21-11-17(2)30(18(3)12-21)42-28-9-7-23(40)15-26(28)32(34,35)36)22-13-19(4)31(20(5)14-22)43-29-10-8-24(41)16-27(29)33(37,38)39/h7-16,25H,6,40-41H2,1-5H3. The lowest BCUT2D eigenvalue weighted by Gasteiger charge is -2.23. The van der Waals surface area contributed by atoms with Crippen molar-refractivity contribution < 1.29 is 35.8 Å². The van der Waals surface area contributed by atoms with Crippen LogP contribution >= 0.6 is 0 Å². The minimum Gasteiger partial charge on any atom is -0.456 e. The highest BCUT2D eigenvalue weighted by atomic mass is 19.4. The van der Waals surface area contributed by atoms with Crippen molar-refractivity contribution in [1.29, 1.82) is 0 Å². The smallest absolute Gasteiger partial charge is 0.420 e. The Hall–Kier alpha value is -4.34. The summed E-state index contributed by atoms with van der Waals surface area (Å²) in [6.07, 6.45) is -8.61. The van der Waals surface area contributed by atoms with Gasteiger partial charge in [-0.25, -0.2) is 0 Å². The fraction of sp³-hybridized carbons (Fsp3) is 0.273. The van der Waals surface area contributed by atoms with Crippen molar-refractivity contribution in [2.45, 2.75) is 59.3 Å². The molecule has 0 heterocycles. The van der Waals surface area contributed by atoms with Gasteiger partial charge in [-0.05, 0) is 104 Å². The van der Waals surface area contributed by atoms with Crippen LogP contribution < -0.4 is 20.9 Å². The van der Waals surface area contributed by atoms with E-state index in [2.05, 4.69) is 0 Å². The highest BCUT2D eigenvalue weighted by molar-refractivity contribution is 5.56. The Kier molecular flexibility index (Phi) is 8.63. The molecule has 4 rings (SSSR count). The maximum absolute atomic E-state index is 13.6. The number of hydrogen-bond acceptors (Lipinski definition) is 4. The van der Waals surface area contributed by atoms with Crippen molar-refractivity contribution >= 4 is 11.4 Å². The lowest BCUT2D eigenvalue weighted by Crippen LogP contribution is -2.09. The normalized spacial score (nSPS) is 12.1. The number of nitrogens with two attached hydrogens (primary N) is 2. The summed E-state index contributed by atoms with van der Waals surface area (Å²) in [5.41, 5.74) is 13.6. The van der Waals surface area contributed by atoms with Crippen molar-refractivity contribution in [3.8, 4) is 23.0 Å². The number of rotatable bonds is 7. The van der Waals surface area contributed by atoms with Crippen LogP contribution in [0.3, 0.4) is 0 Å². The number of ether oxygens (including phenoxy) is 2. The van der Waals surface area contributed by atoms with Crippen LogP contribution in [0.2, 0.25) is 0 Å². The average molecular weight is 603 g/mol. The van der Waals surface area contributed by atoms with Crippen molar-refractivity contribution in [3.63, 3.8) is 0 Å². The molecule has 4 aromatic rings. The maximum atomic E-state index is 13.6. The van der Waals surface area contributed by atoms with Gasteiger partial charge >= 0.3 is 12.4 Å². The summed E-state index contributed by atoms with van der Waals surface area (Å²) in [6.45, 7) is 9.06. The number of aryl methyl sites for hydroxylation is 4. The Bertz CT molecular complexity index is 1490. The van der Waals surface area contributed by atoms with E-state index in [-0.39, 0.29) is 28.8 Å². The fourth-order valence-electron chi connectivity index (χ4n) is 5.29. The van der Waals surface area contributed by atoms with Crippen LogP contribution in [0, 0.1) is 27.7 Å². The molecule has 4 N–H and O–H groups in total. The van der Waals surface area contributed by atoms with Crippen molar-refractivity contribution in [2.75, 3.05) is 11.5 Å². The topological polar surface area (TPSA) is 70.5 Å². The Morgan fingerprint density at radius 2 is 0.907 bits per heavy atom. The molecule has 10 heteroatoms. The third-order valence-electron chi connectivity index (χ3n) is 7.22. The molecule has 0 aliphatic heterocycles. The quantitative estimate of drug-likeness (QED) is 0.163. The summed E-state index contributed by atoms with van der Waals surface area (Å²) < 4.78 is 93.4. The minimum atomic E-state index is -4.65. The largest absolute Gasteiger partial charge is 0.456 e. The van der Waals surface area contributed by atoms with Crippen LogP contribution in [0.25, 0.3) is 0 Å². The first-order valence-corrected chi connectivity index (χ1v) is 13.5. The van der Waals surface area contributed by atoms with Crippen LogP contribution in [0.4, 0.5) is 37.7 Å².